The number of rotatable bonds is 6. The lowest BCUT2D eigenvalue weighted by atomic mass is 9.81. The van der Waals surface area contributed by atoms with Gasteiger partial charge in [-0.3, -0.25) is 0 Å². The van der Waals surface area contributed by atoms with Gasteiger partial charge in [-0.15, -0.1) is 0 Å². The Morgan fingerprint density at radius 1 is 0.436 bits per heavy atom. The van der Waals surface area contributed by atoms with E-state index in [0.29, 0.717) is 0 Å². The number of benzene rings is 7. The fourth-order valence-corrected chi connectivity index (χ4v) is 8.56. The SMILES string of the molecule is CC1(C)c2ccccc2-c2ccc(-c3cccc(-c4ccc5c(-c6ccc(-c7nc(C8=CCCC=C8)cc(-c8ccccc8)n7)cc6)cccc5c4)c3)cc21. The van der Waals surface area contributed by atoms with Crippen LogP contribution in [0.1, 0.15) is 43.5 Å². The standard InChI is InChI=1S/C53H40N2/c1-53(2)48-22-10-9-20-46(48)47-30-28-42(33-49(47)53)40-18-11-17-39(31-40)41-27-29-45-43(32-41)19-12-21-44(45)35-23-25-38(26-24-35)52-54-50(36-13-5-3-6-14-36)34-51(55-52)37-15-7-4-8-16-37/h3,5-7,9-34H,4,8H2,1-2H3. The third-order valence-electron chi connectivity index (χ3n) is 11.5. The van der Waals surface area contributed by atoms with E-state index >= 15 is 0 Å². The van der Waals surface area contributed by atoms with E-state index in [-0.39, 0.29) is 5.41 Å². The molecule has 7 aromatic carbocycles. The normalized spacial score (nSPS) is 14.0. The summed E-state index contributed by atoms with van der Waals surface area (Å²) in [5.74, 6) is 0.737. The van der Waals surface area contributed by atoms with Crippen molar-refractivity contribution in [2.24, 2.45) is 0 Å². The highest BCUT2D eigenvalue weighted by molar-refractivity contribution is 5.99. The van der Waals surface area contributed by atoms with Crippen LogP contribution >= 0.6 is 0 Å². The maximum absolute atomic E-state index is 5.07. The van der Waals surface area contributed by atoms with Crippen molar-refractivity contribution in [2.45, 2.75) is 32.1 Å². The van der Waals surface area contributed by atoms with Crippen LogP contribution in [-0.2, 0) is 5.41 Å². The monoisotopic (exact) mass is 704 g/mol. The van der Waals surface area contributed by atoms with Gasteiger partial charge in [0.1, 0.15) is 0 Å². The van der Waals surface area contributed by atoms with Gasteiger partial charge in [0.05, 0.1) is 11.4 Å². The maximum Gasteiger partial charge on any atom is 0.160 e. The third kappa shape index (κ3) is 5.91. The zero-order valence-corrected chi connectivity index (χ0v) is 31.1. The van der Waals surface area contributed by atoms with Crippen LogP contribution in [-0.4, -0.2) is 9.97 Å². The lowest BCUT2D eigenvalue weighted by molar-refractivity contribution is 0.660. The van der Waals surface area contributed by atoms with Gasteiger partial charge >= 0.3 is 0 Å². The molecule has 0 saturated heterocycles. The van der Waals surface area contributed by atoms with Gasteiger partial charge in [-0.2, -0.15) is 0 Å². The lowest BCUT2D eigenvalue weighted by Gasteiger charge is -2.22. The van der Waals surface area contributed by atoms with E-state index in [1.165, 1.54) is 66.4 Å². The second-order valence-corrected chi connectivity index (χ2v) is 15.3. The number of hydrogen-bond donors (Lipinski definition) is 0. The van der Waals surface area contributed by atoms with Crippen LogP contribution in [0.3, 0.4) is 0 Å². The van der Waals surface area contributed by atoms with E-state index in [0.717, 1.165) is 46.8 Å². The van der Waals surface area contributed by atoms with Gasteiger partial charge in [-0.1, -0.05) is 172 Å². The Kier molecular flexibility index (Phi) is 7.99. The first kappa shape index (κ1) is 33.0. The summed E-state index contributed by atoms with van der Waals surface area (Å²) in [7, 11) is 0. The van der Waals surface area contributed by atoms with Gasteiger partial charge in [0.15, 0.2) is 5.82 Å². The van der Waals surface area contributed by atoms with E-state index in [9.17, 15) is 0 Å². The van der Waals surface area contributed by atoms with E-state index in [4.69, 9.17) is 9.97 Å². The van der Waals surface area contributed by atoms with Crippen molar-refractivity contribution < 1.29 is 0 Å². The summed E-state index contributed by atoms with van der Waals surface area (Å²) in [5, 5.41) is 2.45. The van der Waals surface area contributed by atoms with Gasteiger partial charge in [-0.05, 0) is 109 Å². The Bertz CT molecular complexity index is 2820. The van der Waals surface area contributed by atoms with Crippen molar-refractivity contribution in [3.63, 3.8) is 0 Å². The fourth-order valence-electron chi connectivity index (χ4n) is 8.56. The molecule has 1 aromatic heterocycles. The summed E-state index contributed by atoms with van der Waals surface area (Å²) < 4.78 is 0. The number of fused-ring (bicyclic) bond motifs is 4. The smallest absolute Gasteiger partial charge is 0.160 e. The molecule has 2 heteroatoms. The summed E-state index contributed by atoms with van der Waals surface area (Å²) >= 11 is 0. The molecule has 0 amide bonds. The topological polar surface area (TPSA) is 25.8 Å². The largest absolute Gasteiger partial charge is 0.228 e. The molecular formula is C53H40N2. The molecular weight excluding hydrogens is 665 g/mol. The molecule has 1 heterocycles. The van der Waals surface area contributed by atoms with Crippen LogP contribution in [0.2, 0.25) is 0 Å². The molecule has 0 N–H and O–H groups in total. The van der Waals surface area contributed by atoms with Crippen LogP contribution < -0.4 is 0 Å². The predicted molar refractivity (Wildman–Crippen MR) is 231 cm³/mol. The molecule has 55 heavy (non-hydrogen) atoms. The molecule has 0 saturated carbocycles. The molecule has 0 unspecified atom stereocenters. The van der Waals surface area contributed by atoms with E-state index in [1.54, 1.807) is 0 Å². The van der Waals surface area contributed by atoms with Crippen LogP contribution in [0.15, 0.2) is 182 Å². The Morgan fingerprint density at radius 3 is 1.89 bits per heavy atom. The third-order valence-corrected chi connectivity index (χ3v) is 11.5. The minimum atomic E-state index is -0.0228. The van der Waals surface area contributed by atoms with Crippen molar-refractivity contribution in [1.29, 1.82) is 0 Å². The Hall–Kier alpha value is -6.64. The molecule has 2 aliphatic rings. The summed E-state index contributed by atoms with van der Waals surface area (Å²) in [5.41, 5.74) is 17.9. The van der Waals surface area contributed by atoms with E-state index in [1.807, 2.05) is 6.07 Å². The molecule has 0 radical (unpaired) electrons. The van der Waals surface area contributed by atoms with Crippen molar-refractivity contribution in [3.05, 3.63) is 199 Å². The predicted octanol–water partition coefficient (Wildman–Crippen LogP) is 14.0. The second-order valence-electron chi connectivity index (χ2n) is 15.3. The minimum absolute atomic E-state index is 0.0228. The van der Waals surface area contributed by atoms with Crippen molar-refractivity contribution >= 4 is 16.3 Å². The zero-order valence-electron chi connectivity index (χ0n) is 31.1. The van der Waals surface area contributed by atoms with E-state index in [2.05, 4.69) is 190 Å². The first-order valence-corrected chi connectivity index (χ1v) is 19.3. The van der Waals surface area contributed by atoms with Gasteiger partial charge in [0.25, 0.3) is 0 Å². The number of hydrogen-bond acceptors (Lipinski definition) is 2. The Labute approximate surface area is 323 Å². The zero-order chi connectivity index (χ0) is 36.9. The van der Waals surface area contributed by atoms with Gasteiger partial charge in [-0.25, -0.2) is 9.97 Å². The highest BCUT2D eigenvalue weighted by Gasteiger charge is 2.35. The van der Waals surface area contributed by atoms with Crippen molar-refractivity contribution in [3.8, 4) is 67.2 Å². The summed E-state index contributed by atoms with van der Waals surface area (Å²) in [4.78, 5) is 10.1. The van der Waals surface area contributed by atoms with Crippen LogP contribution in [0.5, 0.6) is 0 Å². The molecule has 262 valence electrons. The lowest BCUT2D eigenvalue weighted by Crippen LogP contribution is -2.14. The molecule has 0 atom stereocenters. The van der Waals surface area contributed by atoms with Gasteiger partial charge < -0.3 is 0 Å². The van der Waals surface area contributed by atoms with Gasteiger partial charge in [0, 0.05) is 16.5 Å². The molecule has 2 aliphatic carbocycles. The number of allylic oxidation sites excluding steroid dienone is 4. The van der Waals surface area contributed by atoms with Crippen LogP contribution in [0, 0.1) is 0 Å². The number of nitrogens with zero attached hydrogens (tertiary/aromatic N) is 2. The molecule has 0 fully saturated rings. The van der Waals surface area contributed by atoms with Crippen LogP contribution in [0.4, 0.5) is 0 Å². The molecule has 0 bridgehead atoms. The second kappa shape index (κ2) is 13.3. The molecule has 10 rings (SSSR count). The number of aromatic nitrogens is 2. The first-order chi connectivity index (χ1) is 27.0. The molecule has 0 aliphatic heterocycles. The average Bonchev–Trinajstić information content (AvgIpc) is 3.49. The molecule has 8 aromatic rings. The van der Waals surface area contributed by atoms with Crippen molar-refractivity contribution in [2.75, 3.05) is 0 Å². The summed E-state index contributed by atoms with van der Waals surface area (Å²) in [6.07, 6.45) is 8.79. The fraction of sp³-hybridized carbons (Fsp3) is 0.0943. The highest BCUT2D eigenvalue weighted by Crippen LogP contribution is 2.49. The van der Waals surface area contributed by atoms with E-state index < -0.39 is 0 Å². The quantitative estimate of drug-likeness (QED) is 0.172. The van der Waals surface area contributed by atoms with Crippen molar-refractivity contribution in [1.82, 2.24) is 9.97 Å². The summed E-state index contributed by atoms with van der Waals surface area (Å²) in [6.45, 7) is 4.69. The van der Waals surface area contributed by atoms with Gasteiger partial charge in [0.2, 0.25) is 0 Å². The average molecular weight is 705 g/mol. The maximum atomic E-state index is 5.07. The van der Waals surface area contributed by atoms with Crippen LogP contribution in [0.25, 0.3) is 83.5 Å². The Balaban J connectivity index is 0.960. The summed E-state index contributed by atoms with van der Waals surface area (Å²) in [6, 6.07) is 59.5. The minimum Gasteiger partial charge on any atom is -0.228 e. The first-order valence-electron chi connectivity index (χ1n) is 19.3. The molecule has 2 nitrogen and oxygen atoms in total. The Morgan fingerprint density at radius 2 is 1.07 bits per heavy atom. The molecule has 0 spiro atoms. The highest BCUT2D eigenvalue weighted by atomic mass is 14.9.